The lowest BCUT2D eigenvalue weighted by Crippen LogP contribution is -2.49. The Morgan fingerprint density at radius 1 is 1.00 bits per heavy atom. The highest BCUT2D eigenvalue weighted by Crippen LogP contribution is 2.32. The van der Waals surface area contributed by atoms with E-state index < -0.39 is 0 Å². The number of likely N-dealkylation sites (tertiary alicyclic amines) is 1. The fraction of sp³-hybridized carbons (Fsp3) is 1.00. The minimum Gasteiger partial charge on any atom is -0.325 e. The largest absolute Gasteiger partial charge is 0.325 e. The minimum absolute atomic E-state index is 0.234. The molecule has 0 aromatic heterocycles. The van der Waals surface area contributed by atoms with Crippen LogP contribution in [-0.2, 0) is 0 Å². The smallest absolute Gasteiger partial charge is 0.0166 e. The number of hydrogen-bond acceptors (Lipinski definition) is 2. The molecule has 1 aliphatic heterocycles. The molecule has 2 N–H and O–H groups in total. The van der Waals surface area contributed by atoms with Crippen LogP contribution in [0.25, 0.3) is 0 Å². The van der Waals surface area contributed by atoms with Crippen LogP contribution in [0.5, 0.6) is 0 Å². The van der Waals surface area contributed by atoms with Crippen LogP contribution in [0, 0.1) is 0 Å². The van der Waals surface area contributed by atoms with E-state index in [2.05, 4.69) is 4.90 Å². The van der Waals surface area contributed by atoms with Gasteiger partial charge < -0.3 is 10.6 Å². The van der Waals surface area contributed by atoms with Gasteiger partial charge in [0.1, 0.15) is 0 Å². The summed E-state index contributed by atoms with van der Waals surface area (Å²) in [4.78, 5) is 2.59. The van der Waals surface area contributed by atoms with Gasteiger partial charge in [-0.25, -0.2) is 0 Å². The van der Waals surface area contributed by atoms with Crippen molar-refractivity contribution in [2.45, 2.75) is 64.3 Å². The molecule has 0 atom stereocenters. The van der Waals surface area contributed by atoms with Crippen molar-refractivity contribution in [2.75, 3.05) is 19.6 Å². The number of nitrogens with zero attached hydrogens (tertiary/aromatic N) is 1. The van der Waals surface area contributed by atoms with E-state index in [4.69, 9.17) is 5.73 Å². The highest BCUT2D eigenvalue weighted by Gasteiger charge is 2.32. The molecule has 1 aliphatic carbocycles. The second-order valence-corrected chi connectivity index (χ2v) is 4.87. The normalized spacial score (nSPS) is 25.0. The standard InChI is InChI=1S/C11H22N2.C2H6/c12-11(5-4-6-11)7-10-13-8-2-1-3-9-13;1-2/h1-10,12H2;1-2H3. The fourth-order valence-electron chi connectivity index (χ4n) is 2.44. The number of hydrogen-bond donors (Lipinski definition) is 1. The van der Waals surface area contributed by atoms with Crippen LogP contribution in [0.1, 0.15) is 58.8 Å². The molecule has 90 valence electrons. The highest BCUT2D eigenvalue weighted by molar-refractivity contribution is 4.93. The van der Waals surface area contributed by atoms with E-state index in [0.29, 0.717) is 0 Å². The molecule has 0 unspecified atom stereocenters. The van der Waals surface area contributed by atoms with Gasteiger partial charge in [0, 0.05) is 5.54 Å². The second kappa shape index (κ2) is 6.49. The van der Waals surface area contributed by atoms with Gasteiger partial charge in [-0.15, -0.1) is 0 Å². The van der Waals surface area contributed by atoms with Crippen molar-refractivity contribution in [3.63, 3.8) is 0 Å². The molecule has 2 heteroatoms. The lowest BCUT2D eigenvalue weighted by atomic mass is 9.75. The van der Waals surface area contributed by atoms with E-state index in [1.165, 1.54) is 64.6 Å². The van der Waals surface area contributed by atoms with Crippen LogP contribution >= 0.6 is 0 Å². The van der Waals surface area contributed by atoms with Gasteiger partial charge in [0.05, 0.1) is 0 Å². The zero-order chi connectivity index (χ0) is 11.1. The average molecular weight is 212 g/mol. The van der Waals surface area contributed by atoms with E-state index in [1.54, 1.807) is 0 Å². The van der Waals surface area contributed by atoms with Gasteiger partial charge in [-0.1, -0.05) is 20.3 Å². The van der Waals surface area contributed by atoms with Crippen LogP contribution in [0.3, 0.4) is 0 Å². The Bertz CT molecular complexity index is 158. The molecule has 2 rings (SSSR count). The topological polar surface area (TPSA) is 29.3 Å². The molecule has 1 heterocycles. The summed E-state index contributed by atoms with van der Waals surface area (Å²) < 4.78 is 0. The first-order valence-corrected chi connectivity index (χ1v) is 6.80. The zero-order valence-corrected chi connectivity index (χ0v) is 10.6. The maximum atomic E-state index is 6.19. The monoisotopic (exact) mass is 212 g/mol. The van der Waals surface area contributed by atoms with Crippen molar-refractivity contribution in [2.24, 2.45) is 5.73 Å². The first-order chi connectivity index (χ1) is 7.29. The number of piperidine rings is 1. The predicted octanol–water partition coefficient (Wildman–Crippen LogP) is 2.77. The van der Waals surface area contributed by atoms with Gasteiger partial charge in [-0.2, -0.15) is 0 Å². The van der Waals surface area contributed by atoms with E-state index in [1.807, 2.05) is 13.8 Å². The molecule has 0 aromatic rings. The summed E-state index contributed by atoms with van der Waals surface area (Å²) in [6.07, 6.45) is 9.35. The SMILES string of the molecule is CC.NC1(CCN2CCCCC2)CCC1. The van der Waals surface area contributed by atoms with Crippen molar-refractivity contribution >= 4 is 0 Å². The third-order valence-electron chi connectivity index (χ3n) is 3.72. The molecular weight excluding hydrogens is 184 g/mol. The quantitative estimate of drug-likeness (QED) is 0.779. The molecule has 1 saturated carbocycles. The molecule has 1 saturated heterocycles. The first kappa shape index (κ1) is 13.0. The zero-order valence-electron chi connectivity index (χ0n) is 10.6. The Hall–Kier alpha value is -0.0800. The maximum absolute atomic E-state index is 6.19. The molecule has 0 amide bonds. The molecule has 0 bridgehead atoms. The van der Waals surface area contributed by atoms with Crippen LogP contribution in [-0.4, -0.2) is 30.1 Å². The van der Waals surface area contributed by atoms with Crippen molar-refractivity contribution in [1.29, 1.82) is 0 Å². The summed E-state index contributed by atoms with van der Waals surface area (Å²) in [6, 6.07) is 0. The predicted molar refractivity (Wildman–Crippen MR) is 67.0 cm³/mol. The second-order valence-electron chi connectivity index (χ2n) is 4.87. The van der Waals surface area contributed by atoms with E-state index in [-0.39, 0.29) is 5.54 Å². The molecule has 15 heavy (non-hydrogen) atoms. The molecule has 0 spiro atoms. The Morgan fingerprint density at radius 2 is 1.60 bits per heavy atom. The third kappa shape index (κ3) is 4.12. The van der Waals surface area contributed by atoms with Gasteiger partial charge >= 0.3 is 0 Å². The van der Waals surface area contributed by atoms with Crippen molar-refractivity contribution < 1.29 is 0 Å². The summed E-state index contributed by atoms with van der Waals surface area (Å²) >= 11 is 0. The van der Waals surface area contributed by atoms with Crippen LogP contribution in [0.15, 0.2) is 0 Å². The Balaban J connectivity index is 0.000000531. The van der Waals surface area contributed by atoms with Crippen LogP contribution in [0.4, 0.5) is 0 Å². The molecular formula is C13H28N2. The summed E-state index contributed by atoms with van der Waals surface area (Å²) in [5, 5.41) is 0. The number of nitrogens with two attached hydrogens (primary N) is 1. The van der Waals surface area contributed by atoms with Crippen molar-refractivity contribution in [3.8, 4) is 0 Å². The first-order valence-electron chi connectivity index (χ1n) is 6.80. The van der Waals surface area contributed by atoms with E-state index >= 15 is 0 Å². The van der Waals surface area contributed by atoms with Crippen molar-refractivity contribution in [1.82, 2.24) is 4.90 Å². The highest BCUT2D eigenvalue weighted by atomic mass is 15.1. The lowest BCUT2D eigenvalue weighted by molar-refractivity contribution is 0.165. The van der Waals surface area contributed by atoms with Crippen molar-refractivity contribution in [3.05, 3.63) is 0 Å². The summed E-state index contributed by atoms with van der Waals surface area (Å²) in [5.41, 5.74) is 6.43. The lowest BCUT2D eigenvalue weighted by Gasteiger charge is -2.40. The summed E-state index contributed by atoms with van der Waals surface area (Å²) in [7, 11) is 0. The van der Waals surface area contributed by atoms with Gasteiger partial charge in [0.15, 0.2) is 0 Å². The van der Waals surface area contributed by atoms with E-state index in [0.717, 1.165) is 0 Å². The van der Waals surface area contributed by atoms with E-state index in [9.17, 15) is 0 Å². The Kier molecular flexibility index (Phi) is 5.62. The molecule has 2 nitrogen and oxygen atoms in total. The van der Waals surface area contributed by atoms with Crippen LogP contribution < -0.4 is 5.73 Å². The summed E-state index contributed by atoms with van der Waals surface area (Å²) in [5.74, 6) is 0. The number of rotatable bonds is 3. The third-order valence-corrected chi connectivity index (χ3v) is 3.72. The molecule has 0 radical (unpaired) electrons. The Morgan fingerprint density at radius 3 is 2.07 bits per heavy atom. The fourth-order valence-corrected chi connectivity index (χ4v) is 2.44. The molecule has 2 aliphatic rings. The summed E-state index contributed by atoms with van der Waals surface area (Å²) in [6.45, 7) is 7.88. The molecule has 2 fully saturated rings. The van der Waals surface area contributed by atoms with Gasteiger partial charge in [-0.05, 0) is 58.2 Å². The van der Waals surface area contributed by atoms with Gasteiger partial charge in [0.2, 0.25) is 0 Å². The molecule has 0 aromatic carbocycles. The van der Waals surface area contributed by atoms with Gasteiger partial charge in [0.25, 0.3) is 0 Å². The van der Waals surface area contributed by atoms with Crippen LogP contribution in [0.2, 0.25) is 0 Å². The average Bonchev–Trinajstić information content (AvgIpc) is 2.28. The van der Waals surface area contributed by atoms with Gasteiger partial charge in [-0.3, -0.25) is 0 Å². The Labute approximate surface area is 95.2 Å². The minimum atomic E-state index is 0.234. The maximum Gasteiger partial charge on any atom is 0.0166 e.